The number of halogens is 2. The standard InChI is InChI=1S/C15H17Cl2N3O/c1-10-18-15(7-11-3-2-6-21-9-11)20(19-10)14-8-12(16)4-5-13(14)17/h4-5,8,11H,2-3,6-7,9H2,1H3/t11-/m1/s1. The molecule has 21 heavy (non-hydrogen) atoms. The molecule has 0 unspecified atom stereocenters. The molecule has 2 aromatic rings. The zero-order valence-corrected chi connectivity index (χ0v) is 13.4. The Labute approximate surface area is 134 Å². The van der Waals surface area contributed by atoms with E-state index in [1.165, 1.54) is 0 Å². The Morgan fingerprint density at radius 3 is 3.00 bits per heavy atom. The molecule has 1 aliphatic rings. The molecule has 4 nitrogen and oxygen atoms in total. The molecular formula is C15H17Cl2N3O. The molecule has 0 saturated carbocycles. The number of aryl methyl sites for hydroxylation is 1. The Hall–Kier alpha value is -1.10. The molecule has 0 radical (unpaired) electrons. The zero-order valence-electron chi connectivity index (χ0n) is 11.9. The van der Waals surface area contributed by atoms with Gasteiger partial charge < -0.3 is 4.74 Å². The van der Waals surface area contributed by atoms with Crippen molar-refractivity contribution < 1.29 is 4.74 Å². The van der Waals surface area contributed by atoms with E-state index in [0.717, 1.165) is 49.8 Å². The van der Waals surface area contributed by atoms with Crippen LogP contribution in [0, 0.1) is 12.8 Å². The van der Waals surface area contributed by atoms with Crippen LogP contribution in [0.5, 0.6) is 0 Å². The maximum atomic E-state index is 6.28. The van der Waals surface area contributed by atoms with Crippen molar-refractivity contribution in [3.8, 4) is 5.69 Å². The van der Waals surface area contributed by atoms with Gasteiger partial charge in [0, 0.05) is 24.7 Å². The quantitative estimate of drug-likeness (QED) is 0.860. The van der Waals surface area contributed by atoms with Gasteiger partial charge in [-0.2, -0.15) is 5.10 Å². The minimum absolute atomic E-state index is 0.485. The third kappa shape index (κ3) is 3.39. The van der Waals surface area contributed by atoms with E-state index in [2.05, 4.69) is 10.1 Å². The van der Waals surface area contributed by atoms with Crippen LogP contribution >= 0.6 is 23.2 Å². The van der Waals surface area contributed by atoms with Crippen LogP contribution in [0.15, 0.2) is 18.2 Å². The highest BCUT2D eigenvalue weighted by Gasteiger charge is 2.20. The van der Waals surface area contributed by atoms with Gasteiger partial charge in [0.05, 0.1) is 10.7 Å². The Morgan fingerprint density at radius 1 is 1.38 bits per heavy atom. The fourth-order valence-corrected chi connectivity index (χ4v) is 3.02. The second-order valence-corrected chi connectivity index (χ2v) is 6.21. The molecule has 1 atom stereocenters. The summed E-state index contributed by atoms with van der Waals surface area (Å²) in [6.45, 7) is 3.54. The van der Waals surface area contributed by atoms with E-state index in [1.807, 2.05) is 13.0 Å². The second kappa shape index (κ2) is 6.34. The van der Waals surface area contributed by atoms with Gasteiger partial charge in [0.15, 0.2) is 0 Å². The van der Waals surface area contributed by atoms with E-state index < -0.39 is 0 Å². The van der Waals surface area contributed by atoms with Crippen molar-refractivity contribution in [1.82, 2.24) is 14.8 Å². The summed E-state index contributed by atoms with van der Waals surface area (Å²) >= 11 is 12.4. The largest absolute Gasteiger partial charge is 0.381 e. The van der Waals surface area contributed by atoms with Crippen molar-refractivity contribution in [2.75, 3.05) is 13.2 Å². The third-order valence-corrected chi connectivity index (χ3v) is 4.20. The average molecular weight is 326 g/mol. The minimum atomic E-state index is 0.485. The van der Waals surface area contributed by atoms with Gasteiger partial charge in [0.1, 0.15) is 11.6 Å². The Kier molecular flexibility index (Phi) is 4.48. The maximum Gasteiger partial charge on any atom is 0.148 e. The van der Waals surface area contributed by atoms with Gasteiger partial charge in [-0.05, 0) is 43.9 Å². The van der Waals surface area contributed by atoms with Crippen molar-refractivity contribution in [1.29, 1.82) is 0 Å². The Balaban J connectivity index is 1.93. The molecule has 112 valence electrons. The molecule has 1 aliphatic heterocycles. The monoisotopic (exact) mass is 325 g/mol. The highest BCUT2D eigenvalue weighted by molar-refractivity contribution is 6.34. The summed E-state index contributed by atoms with van der Waals surface area (Å²) in [5.41, 5.74) is 0.775. The summed E-state index contributed by atoms with van der Waals surface area (Å²) in [7, 11) is 0. The number of benzene rings is 1. The van der Waals surface area contributed by atoms with Gasteiger partial charge in [-0.1, -0.05) is 23.2 Å². The Bertz CT molecular complexity index is 636. The van der Waals surface area contributed by atoms with Crippen molar-refractivity contribution in [3.63, 3.8) is 0 Å². The van der Waals surface area contributed by atoms with Crippen LogP contribution in [0.25, 0.3) is 5.69 Å². The first-order valence-corrected chi connectivity index (χ1v) is 7.85. The second-order valence-electron chi connectivity index (χ2n) is 5.37. The topological polar surface area (TPSA) is 39.9 Å². The van der Waals surface area contributed by atoms with Gasteiger partial charge in [0.25, 0.3) is 0 Å². The molecule has 3 rings (SSSR count). The van der Waals surface area contributed by atoms with Gasteiger partial charge in [-0.25, -0.2) is 9.67 Å². The first-order chi connectivity index (χ1) is 10.1. The lowest BCUT2D eigenvalue weighted by Gasteiger charge is -2.21. The van der Waals surface area contributed by atoms with Crippen LogP contribution in [0.1, 0.15) is 24.5 Å². The summed E-state index contributed by atoms with van der Waals surface area (Å²) in [5, 5.41) is 5.72. The lowest BCUT2D eigenvalue weighted by molar-refractivity contribution is 0.0541. The summed E-state index contributed by atoms with van der Waals surface area (Å²) in [4.78, 5) is 4.55. The van der Waals surface area contributed by atoms with E-state index in [0.29, 0.717) is 16.0 Å². The highest BCUT2D eigenvalue weighted by Crippen LogP contribution is 2.26. The van der Waals surface area contributed by atoms with Gasteiger partial charge in [-0.3, -0.25) is 0 Å². The fraction of sp³-hybridized carbons (Fsp3) is 0.467. The van der Waals surface area contributed by atoms with Crippen LogP contribution in [-0.4, -0.2) is 28.0 Å². The summed E-state index contributed by atoms with van der Waals surface area (Å²) in [5.74, 6) is 2.13. The number of hydrogen-bond acceptors (Lipinski definition) is 3. The third-order valence-electron chi connectivity index (χ3n) is 3.64. The van der Waals surface area contributed by atoms with E-state index in [4.69, 9.17) is 27.9 Å². The van der Waals surface area contributed by atoms with Gasteiger partial charge in [-0.15, -0.1) is 0 Å². The molecular weight excluding hydrogens is 309 g/mol. The highest BCUT2D eigenvalue weighted by atomic mass is 35.5. The van der Waals surface area contributed by atoms with E-state index in [-0.39, 0.29) is 0 Å². The maximum absolute atomic E-state index is 6.28. The molecule has 1 aromatic heterocycles. The van der Waals surface area contributed by atoms with Crippen LogP contribution in [-0.2, 0) is 11.2 Å². The molecule has 2 heterocycles. The summed E-state index contributed by atoms with van der Waals surface area (Å²) in [6.07, 6.45) is 3.11. The van der Waals surface area contributed by atoms with Crippen LogP contribution in [0.3, 0.4) is 0 Å². The van der Waals surface area contributed by atoms with Crippen LogP contribution in [0.2, 0.25) is 10.0 Å². The van der Waals surface area contributed by atoms with E-state index in [9.17, 15) is 0 Å². The zero-order chi connectivity index (χ0) is 14.8. The molecule has 1 aromatic carbocycles. The molecule has 1 fully saturated rings. The van der Waals surface area contributed by atoms with Crippen LogP contribution < -0.4 is 0 Å². The summed E-state index contributed by atoms with van der Waals surface area (Å²) in [6, 6.07) is 5.37. The normalized spacial score (nSPS) is 18.9. The molecule has 0 N–H and O–H groups in total. The van der Waals surface area contributed by atoms with Crippen molar-refractivity contribution >= 4 is 23.2 Å². The summed E-state index contributed by atoms with van der Waals surface area (Å²) < 4.78 is 7.35. The number of aromatic nitrogens is 3. The number of rotatable bonds is 3. The number of hydrogen-bond donors (Lipinski definition) is 0. The SMILES string of the molecule is Cc1nc(C[C@H]2CCCOC2)n(-c2cc(Cl)ccc2Cl)n1. The molecule has 0 spiro atoms. The lowest BCUT2D eigenvalue weighted by Crippen LogP contribution is -2.21. The predicted molar refractivity (Wildman–Crippen MR) is 83.4 cm³/mol. The minimum Gasteiger partial charge on any atom is -0.381 e. The molecule has 0 bridgehead atoms. The molecule has 1 saturated heterocycles. The van der Waals surface area contributed by atoms with Gasteiger partial charge >= 0.3 is 0 Å². The smallest absolute Gasteiger partial charge is 0.148 e. The van der Waals surface area contributed by atoms with Crippen molar-refractivity contribution in [2.24, 2.45) is 5.92 Å². The first kappa shape index (κ1) is 14.8. The molecule has 6 heteroatoms. The number of nitrogens with zero attached hydrogens (tertiary/aromatic N) is 3. The van der Waals surface area contributed by atoms with Crippen molar-refractivity contribution in [2.45, 2.75) is 26.2 Å². The van der Waals surface area contributed by atoms with Crippen molar-refractivity contribution in [3.05, 3.63) is 39.9 Å². The molecule has 0 amide bonds. The predicted octanol–water partition coefficient (Wildman–Crippen LogP) is 3.85. The van der Waals surface area contributed by atoms with Gasteiger partial charge in [0.2, 0.25) is 0 Å². The van der Waals surface area contributed by atoms with E-state index >= 15 is 0 Å². The lowest BCUT2D eigenvalue weighted by atomic mass is 9.98. The van der Waals surface area contributed by atoms with E-state index in [1.54, 1.807) is 16.8 Å². The average Bonchev–Trinajstić information content (AvgIpc) is 2.83. The van der Waals surface area contributed by atoms with Crippen LogP contribution in [0.4, 0.5) is 0 Å². The first-order valence-electron chi connectivity index (χ1n) is 7.09. The fourth-order valence-electron chi connectivity index (χ4n) is 2.66. The Morgan fingerprint density at radius 2 is 2.24 bits per heavy atom. The number of ether oxygens (including phenoxy) is 1. The molecule has 0 aliphatic carbocycles.